The topological polar surface area (TPSA) is 58.2 Å². The zero-order valence-corrected chi connectivity index (χ0v) is 11.6. The minimum absolute atomic E-state index is 0.317. The second-order valence-corrected chi connectivity index (χ2v) is 5.03. The highest BCUT2D eigenvalue weighted by molar-refractivity contribution is 6.23. The van der Waals surface area contributed by atoms with Crippen LogP contribution in [0.25, 0.3) is 0 Å². The molecule has 1 aliphatic heterocycles. The zero-order valence-electron chi connectivity index (χ0n) is 11.6. The molecule has 4 heteroatoms. The highest BCUT2D eigenvalue weighted by Gasteiger charge is 2.28. The lowest BCUT2D eigenvalue weighted by molar-refractivity contribution is 0.0880. The van der Waals surface area contributed by atoms with Gasteiger partial charge in [0.2, 0.25) is 0 Å². The number of benzene rings is 2. The Labute approximate surface area is 123 Å². The summed E-state index contributed by atoms with van der Waals surface area (Å²) in [5.41, 5.74) is 2.93. The van der Waals surface area contributed by atoms with Crippen molar-refractivity contribution >= 4 is 17.5 Å². The Balaban J connectivity index is 1.62. The number of fused-ring (bicyclic) bond motifs is 1. The van der Waals surface area contributed by atoms with Crippen molar-refractivity contribution in [3.8, 4) is 0 Å². The van der Waals surface area contributed by atoms with Crippen LogP contribution in [0.1, 0.15) is 32.7 Å². The van der Waals surface area contributed by atoms with E-state index in [1.54, 1.807) is 12.1 Å². The number of nitrogens with one attached hydrogen (secondary N) is 2. The Morgan fingerprint density at radius 1 is 0.905 bits per heavy atom. The van der Waals surface area contributed by atoms with Crippen LogP contribution in [0.4, 0.5) is 5.69 Å². The summed E-state index contributed by atoms with van der Waals surface area (Å²) in [6.45, 7) is 0.757. The van der Waals surface area contributed by atoms with E-state index in [1.807, 2.05) is 24.3 Å². The minimum atomic E-state index is -0.318. The minimum Gasteiger partial charge on any atom is -0.384 e. The first-order chi connectivity index (χ1) is 10.3. The number of hydrogen-bond acceptors (Lipinski definition) is 3. The van der Waals surface area contributed by atoms with Gasteiger partial charge in [-0.25, -0.2) is 0 Å². The van der Waals surface area contributed by atoms with Crippen molar-refractivity contribution in [2.75, 3.05) is 11.9 Å². The molecule has 2 aromatic rings. The van der Waals surface area contributed by atoms with E-state index in [9.17, 15) is 9.59 Å². The summed E-state index contributed by atoms with van der Waals surface area (Å²) in [6, 6.07) is 15.6. The third-order valence-corrected chi connectivity index (χ3v) is 3.56. The summed E-state index contributed by atoms with van der Waals surface area (Å²) in [6.07, 6.45) is 1.94. The normalized spacial score (nSPS) is 13.0. The Hall–Kier alpha value is -2.62. The van der Waals surface area contributed by atoms with Crippen LogP contribution in [0.15, 0.2) is 48.5 Å². The summed E-state index contributed by atoms with van der Waals surface area (Å²) in [5, 5.41) is 5.57. The molecule has 4 nitrogen and oxygen atoms in total. The Morgan fingerprint density at radius 2 is 1.71 bits per heavy atom. The van der Waals surface area contributed by atoms with E-state index in [4.69, 9.17) is 0 Å². The monoisotopic (exact) mass is 280 g/mol. The number of imide groups is 1. The fourth-order valence-corrected chi connectivity index (χ4v) is 2.53. The predicted octanol–water partition coefficient (Wildman–Crippen LogP) is 2.61. The fraction of sp³-hybridized carbons (Fsp3) is 0.176. The molecule has 0 fully saturated rings. The SMILES string of the molecule is O=C1NC(=O)c2c(NCCCc3ccccc3)cccc21. The van der Waals surface area contributed by atoms with Gasteiger partial charge in [0.05, 0.1) is 11.1 Å². The van der Waals surface area contributed by atoms with Gasteiger partial charge in [-0.05, 0) is 30.5 Å². The fourth-order valence-electron chi connectivity index (χ4n) is 2.53. The molecule has 0 saturated carbocycles. The van der Waals surface area contributed by atoms with Crippen LogP contribution in [-0.2, 0) is 6.42 Å². The van der Waals surface area contributed by atoms with E-state index in [-0.39, 0.29) is 11.8 Å². The molecule has 0 unspecified atom stereocenters. The lowest BCUT2D eigenvalue weighted by Gasteiger charge is -2.09. The van der Waals surface area contributed by atoms with E-state index < -0.39 is 0 Å². The summed E-state index contributed by atoms with van der Waals surface area (Å²) in [7, 11) is 0. The maximum absolute atomic E-state index is 11.8. The van der Waals surface area contributed by atoms with Crippen LogP contribution in [0, 0.1) is 0 Å². The van der Waals surface area contributed by atoms with E-state index in [2.05, 4.69) is 22.8 Å². The van der Waals surface area contributed by atoms with Gasteiger partial charge in [-0.3, -0.25) is 14.9 Å². The van der Waals surface area contributed by atoms with Gasteiger partial charge < -0.3 is 5.32 Å². The predicted molar refractivity (Wildman–Crippen MR) is 81.5 cm³/mol. The van der Waals surface area contributed by atoms with E-state index in [1.165, 1.54) is 5.56 Å². The summed E-state index contributed by atoms with van der Waals surface area (Å²) < 4.78 is 0. The molecule has 0 aliphatic carbocycles. The number of carbonyl (C=O) groups excluding carboxylic acids is 2. The molecule has 106 valence electrons. The number of amides is 2. The molecule has 0 spiro atoms. The van der Waals surface area contributed by atoms with Crippen LogP contribution >= 0.6 is 0 Å². The molecule has 2 aromatic carbocycles. The van der Waals surface area contributed by atoms with Crippen molar-refractivity contribution < 1.29 is 9.59 Å². The maximum Gasteiger partial charge on any atom is 0.261 e. The van der Waals surface area contributed by atoms with Crippen molar-refractivity contribution in [2.24, 2.45) is 0 Å². The molecule has 0 bridgehead atoms. The Morgan fingerprint density at radius 3 is 2.52 bits per heavy atom. The average Bonchev–Trinajstić information content (AvgIpc) is 2.80. The molecule has 0 saturated heterocycles. The molecule has 21 heavy (non-hydrogen) atoms. The van der Waals surface area contributed by atoms with Gasteiger partial charge in [0, 0.05) is 12.2 Å². The second-order valence-electron chi connectivity index (χ2n) is 5.03. The third-order valence-electron chi connectivity index (χ3n) is 3.56. The number of aryl methyl sites for hydroxylation is 1. The first kappa shape index (κ1) is 13.4. The zero-order chi connectivity index (χ0) is 14.7. The molecular formula is C17H16N2O2. The largest absolute Gasteiger partial charge is 0.384 e. The van der Waals surface area contributed by atoms with Crippen LogP contribution in [0.2, 0.25) is 0 Å². The lowest BCUT2D eigenvalue weighted by atomic mass is 10.1. The number of anilines is 1. The van der Waals surface area contributed by atoms with E-state index in [0.717, 1.165) is 25.1 Å². The number of rotatable bonds is 5. The molecule has 2 amide bonds. The summed E-state index contributed by atoms with van der Waals surface area (Å²) in [5.74, 6) is -0.635. The average molecular weight is 280 g/mol. The van der Waals surface area contributed by atoms with Crippen molar-refractivity contribution in [1.82, 2.24) is 5.32 Å². The van der Waals surface area contributed by atoms with Gasteiger partial charge in [-0.15, -0.1) is 0 Å². The molecule has 2 N–H and O–H groups in total. The first-order valence-corrected chi connectivity index (χ1v) is 7.02. The standard InChI is InChI=1S/C17H16N2O2/c20-16-13-9-4-10-14(15(13)17(21)19-16)18-11-5-8-12-6-2-1-3-7-12/h1-4,6-7,9-10,18H,5,8,11H2,(H,19,20,21). The van der Waals surface area contributed by atoms with Gasteiger partial charge in [0.25, 0.3) is 11.8 Å². The van der Waals surface area contributed by atoms with Gasteiger partial charge in [-0.2, -0.15) is 0 Å². The second kappa shape index (κ2) is 5.79. The third kappa shape index (κ3) is 2.79. The number of carbonyl (C=O) groups is 2. The maximum atomic E-state index is 11.8. The van der Waals surface area contributed by atoms with Gasteiger partial charge in [-0.1, -0.05) is 36.4 Å². The molecule has 1 aliphatic rings. The Bertz CT molecular complexity index is 680. The summed E-state index contributed by atoms with van der Waals surface area (Å²) in [4.78, 5) is 23.4. The smallest absolute Gasteiger partial charge is 0.261 e. The van der Waals surface area contributed by atoms with Gasteiger partial charge >= 0.3 is 0 Å². The van der Waals surface area contributed by atoms with Gasteiger partial charge in [0.1, 0.15) is 0 Å². The molecule has 3 rings (SSSR count). The quantitative estimate of drug-likeness (QED) is 0.654. The highest BCUT2D eigenvalue weighted by atomic mass is 16.2. The van der Waals surface area contributed by atoms with Crippen molar-refractivity contribution in [3.63, 3.8) is 0 Å². The van der Waals surface area contributed by atoms with Crippen LogP contribution in [0.3, 0.4) is 0 Å². The molecule has 1 heterocycles. The molecular weight excluding hydrogens is 264 g/mol. The molecule has 0 atom stereocenters. The van der Waals surface area contributed by atoms with Crippen LogP contribution in [0.5, 0.6) is 0 Å². The number of hydrogen-bond donors (Lipinski definition) is 2. The van der Waals surface area contributed by atoms with E-state index in [0.29, 0.717) is 11.1 Å². The lowest BCUT2D eigenvalue weighted by Crippen LogP contribution is -2.20. The highest BCUT2D eigenvalue weighted by Crippen LogP contribution is 2.24. The van der Waals surface area contributed by atoms with Crippen molar-refractivity contribution in [2.45, 2.75) is 12.8 Å². The Kier molecular flexibility index (Phi) is 3.69. The molecule has 0 aromatic heterocycles. The van der Waals surface area contributed by atoms with E-state index >= 15 is 0 Å². The van der Waals surface area contributed by atoms with Gasteiger partial charge in [0.15, 0.2) is 0 Å². The van der Waals surface area contributed by atoms with Crippen molar-refractivity contribution in [1.29, 1.82) is 0 Å². The van der Waals surface area contributed by atoms with Crippen LogP contribution < -0.4 is 10.6 Å². The first-order valence-electron chi connectivity index (χ1n) is 7.02. The summed E-state index contributed by atoms with van der Waals surface area (Å²) >= 11 is 0. The van der Waals surface area contributed by atoms with Crippen molar-refractivity contribution in [3.05, 3.63) is 65.2 Å². The molecule has 0 radical (unpaired) electrons. The van der Waals surface area contributed by atoms with Crippen LogP contribution in [-0.4, -0.2) is 18.4 Å².